The van der Waals surface area contributed by atoms with Crippen LogP contribution in [-0.4, -0.2) is 76.1 Å². The number of aliphatic hydroxyl groups is 1. The van der Waals surface area contributed by atoms with Gasteiger partial charge in [-0.25, -0.2) is 0 Å². The first-order valence-corrected chi connectivity index (χ1v) is 17.8. The number of hydrogen-bond acceptors (Lipinski definition) is 6. The zero-order chi connectivity index (χ0) is 33.8. The minimum absolute atomic E-state index is 0.123. The van der Waals surface area contributed by atoms with E-state index in [1.165, 1.54) is 0 Å². The van der Waals surface area contributed by atoms with E-state index in [1.807, 2.05) is 49.4 Å². The Morgan fingerprint density at radius 1 is 1.02 bits per heavy atom. The Morgan fingerprint density at radius 3 is 2.36 bits per heavy atom. The number of likely N-dealkylation sites (tertiary alicyclic amines) is 1. The van der Waals surface area contributed by atoms with Gasteiger partial charge < -0.3 is 24.5 Å². The molecule has 47 heavy (non-hydrogen) atoms. The summed E-state index contributed by atoms with van der Waals surface area (Å²) in [6, 6.07) is 13.9. The topological polar surface area (TPSA) is 90.4 Å². The van der Waals surface area contributed by atoms with Crippen molar-refractivity contribution in [1.82, 2.24) is 4.90 Å². The summed E-state index contributed by atoms with van der Waals surface area (Å²) in [6.07, 6.45) is 7.78. The molecule has 3 fully saturated rings. The number of hydrogen-bond donors (Lipinski definition) is 1. The van der Waals surface area contributed by atoms with Gasteiger partial charge in [0.05, 0.1) is 33.9 Å². The van der Waals surface area contributed by atoms with Gasteiger partial charge in [-0.15, -0.1) is 24.9 Å². The molecule has 0 aliphatic carbocycles. The van der Waals surface area contributed by atoms with Crippen molar-refractivity contribution in [3.05, 3.63) is 78.9 Å². The fraction of sp³-hybridized carbons (Fsp3) is 0.486. The van der Waals surface area contributed by atoms with Gasteiger partial charge in [0, 0.05) is 36.7 Å². The first-order valence-electron chi connectivity index (χ1n) is 16.6. The minimum Gasteiger partial charge on any atom is -0.494 e. The standard InChI is InChI=1S/C37H46ClN3O5S/c1-5-22-39(26-16-18-27(19-17-26)46-7-3)33(43)30-31-34(44)41(24-12-8-9-13-25-42)32(37(31)21-20-36(30,4)47-37)35(45)40(23-6-2)29-15-11-10-14-28(29)38/h5-6,10-11,14-19,30-32,42H,1-2,7-9,12-13,20-25H2,3-4H3/t30-,31-,32?,36+,37?/m0/s1. The van der Waals surface area contributed by atoms with Crippen LogP contribution >= 0.6 is 23.4 Å². The monoisotopic (exact) mass is 679 g/mol. The summed E-state index contributed by atoms with van der Waals surface area (Å²) < 4.78 is 4.33. The molecule has 0 aromatic heterocycles. The van der Waals surface area contributed by atoms with Crippen LogP contribution in [0.5, 0.6) is 5.75 Å². The summed E-state index contributed by atoms with van der Waals surface area (Å²) >= 11 is 8.29. The Balaban J connectivity index is 1.55. The number of benzene rings is 2. The highest BCUT2D eigenvalue weighted by atomic mass is 35.5. The smallest absolute Gasteiger partial charge is 0.251 e. The Morgan fingerprint density at radius 2 is 1.70 bits per heavy atom. The molecular formula is C37H46ClN3O5S. The summed E-state index contributed by atoms with van der Waals surface area (Å²) in [5, 5.41) is 9.72. The normalized spacial score (nSPS) is 25.8. The molecule has 3 aliphatic rings. The molecule has 10 heteroatoms. The zero-order valence-electron chi connectivity index (χ0n) is 27.4. The summed E-state index contributed by atoms with van der Waals surface area (Å²) in [5.41, 5.74) is 1.27. The molecule has 3 heterocycles. The van der Waals surface area contributed by atoms with E-state index in [-0.39, 0.29) is 37.4 Å². The van der Waals surface area contributed by atoms with Gasteiger partial charge in [0.15, 0.2) is 0 Å². The molecule has 2 aromatic rings. The van der Waals surface area contributed by atoms with Crippen LogP contribution in [0.2, 0.25) is 5.02 Å². The molecule has 3 saturated heterocycles. The first kappa shape index (κ1) is 35.0. The van der Waals surface area contributed by atoms with Crippen LogP contribution in [0.25, 0.3) is 0 Å². The fourth-order valence-electron chi connectivity index (χ4n) is 7.83. The summed E-state index contributed by atoms with van der Waals surface area (Å²) in [6.45, 7) is 13.4. The van der Waals surface area contributed by atoms with Crippen LogP contribution in [0.4, 0.5) is 11.4 Å². The van der Waals surface area contributed by atoms with Gasteiger partial charge in [0.2, 0.25) is 11.8 Å². The van der Waals surface area contributed by atoms with Crippen molar-refractivity contribution >= 4 is 52.5 Å². The predicted molar refractivity (Wildman–Crippen MR) is 190 cm³/mol. The molecule has 5 rings (SSSR count). The molecule has 0 radical (unpaired) electrons. The van der Waals surface area contributed by atoms with Crippen molar-refractivity contribution in [2.45, 2.75) is 67.9 Å². The molecule has 2 aromatic carbocycles. The number of carbonyl (C=O) groups excluding carboxylic acids is 3. The summed E-state index contributed by atoms with van der Waals surface area (Å²) in [4.78, 5) is 49.5. The van der Waals surface area contributed by atoms with Crippen molar-refractivity contribution < 1.29 is 24.2 Å². The number of rotatable bonds is 16. The van der Waals surface area contributed by atoms with E-state index in [2.05, 4.69) is 20.1 Å². The Kier molecular flexibility index (Phi) is 11.1. The minimum atomic E-state index is -0.770. The lowest BCUT2D eigenvalue weighted by atomic mass is 9.66. The fourth-order valence-corrected chi connectivity index (χ4v) is 10.4. The number of unbranched alkanes of at least 4 members (excludes halogenated alkanes) is 3. The molecule has 5 atom stereocenters. The average molecular weight is 680 g/mol. The van der Waals surface area contributed by atoms with Crippen molar-refractivity contribution in [2.24, 2.45) is 11.8 Å². The molecule has 252 valence electrons. The molecule has 2 unspecified atom stereocenters. The first-order chi connectivity index (χ1) is 22.7. The Bertz CT molecular complexity index is 1490. The Hall–Kier alpha value is -3.27. The Labute approximate surface area is 287 Å². The van der Waals surface area contributed by atoms with Gasteiger partial charge in [-0.1, -0.05) is 48.7 Å². The lowest BCUT2D eigenvalue weighted by molar-refractivity contribution is -0.139. The van der Waals surface area contributed by atoms with Crippen LogP contribution < -0.4 is 14.5 Å². The van der Waals surface area contributed by atoms with Gasteiger partial charge in [0.25, 0.3) is 5.91 Å². The van der Waals surface area contributed by atoms with E-state index in [4.69, 9.17) is 16.3 Å². The third-order valence-corrected chi connectivity index (χ3v) is 12.1. The number of carbonyl (C=O) groups is 3. The van der Waals surface area contributed by atoms with Crippen LogP contribution in [0, 0.1) is 11.8 Å². The van der Waals surface area contributed by atoms with Crippen molar-refractivity contribution in [1.29, 1.82) is 0 Å². The largest absolute Gasteiger partial charge is 0.494 e. The third-order valence-electron chi connectivity index (χ3n) is 9.84. The molecule has 1 spiro atoms. The van der Waals surface area contributed by atoms with Gasteiger partial charge in [-0.2, -0.15) is 0 Å². The number of halogens is 1. The van der Waals surface area contributed by atoms with Gasteiger partial charge in [-0.05, 0) is 75.9 Å². The second-order valence-electron chi connectivity index (χ2n) is 12.8. The quantitative estimate of drug-likeness (QED) is 0.161. The maximum atomic E-state index is 14.9. The molecule has 3 amide bonds. The van der Waals surface area contributed by atoms with E-state index in [1.54, 1.807) is 44.7 Å². The second kappa shape index (κ2) is 14.9. The van der Waals surface area contributed by atoms with Gasteiger partial charge in [0.1, 0.15) is 11.8 Å². The van der Waals surface area contributed by atoms with Crippen LogP contribution in [0.1, 0.15) is 52.4 Å². The van der Waals surface area contributed by atoms with E-state index < -0.39 is 27.4 Å². The number of ether oxygens (including phenoxy) is 1. The average Bonchev–Trinajstić information content (AvgIpc) is 3.63. The van der Waals surface area contributed by atoms with Crippen LogP contribution in [0.3, 0.4) is 0 Å². The van der Waals surface area contributed by atoms with E-state index in [0.717, 1.165) is 12.8 Å². The van der Waals surface area contributed by atoms with Crippen molar-refractivity contribution in [2.75, 3.05) is 42.6 Å². The van der Waals surface area contributed by atoms with Gasteiger partial charge in [-0.3, -0.25) is 14.4 Å². The van der Waals surface area contributed by atoms with Crippen molar-refractivity contribution in [3.63, 3.8) is 0 Å². The van der Waals surface area contributed by atoms with Crippen molar-refractivity contribution in [3.8, 4) is 5.75 Å². The predicted octanol–water partition coefficient (Wildman–Crippen LogP) is 6.51. The molecular weight excluding hydrogens is 634 g/mol. The van der Waals surface area contributed by atoms with Gasteiger partial charge >= 0.3 is 0 Å². The number of nitrogens with zero attached hydrogens (tertiary/aromatic N) is 3. The molecule has 0 saturated carbocycles. The number of fused-ring (bicyclic) bond motifs is 1. The summed E-state index contributed by atoms with van der Waals surface area (Å²) in [5.74, 6) is -1.03. The van der Waals surface area contributed by atoms with Crippen LogP contribution in [0.15, 0.2) is 73.8 Å². The highest BCUT2D eigenvalue weighted by molar-refractivity contribution is 8.02. The highest BCUT2D eigenvalue weighted by Crippen LogP contribution is 2.71. The number of thioether (sulfide) groups is 1. The maximum Gasteiger partial charge on any atom is 0.251 e. The lowest BCUT2D eigenvalue weighted by Gasteiger charge is -2.38. The summed E-state index contributed by atoms with van der Waals surface area (Å²) in [7, 11) is 0. The second-order valence-corrected chi connectivity index (χ2v) is 15.1. The molecule has 2 bridgehead atoms. The molecule has 1 N–H and O–H groups in total. The van der Waals surface area contributed by atoms with E-state index >= 15 is 0 Å². The number of aliphatic hydroxyl groups excluding tert-OH is 1. The number of para-hydroxylation sites is 1. The zero-order valence-corrected chi connectivity index (χ0v) is 29.0. The third kappa shape index (κ3) is 6.46. The molecule has 3 aliphatic heterocycles. The maximum absolute atomic E-state index is 14.9. The lowest BCUT2D eigenvalue weighted by Crippen LogP contribution is -2.55. The van der Waals surface area contributed by atoms with E-state index in [9.17, 15) is 19.5 Å². The number of amides is 3. The van der Waals surface area contributed by atoms with Crippen LogP contribution in [-0.2, 0) is 14.4 Å². The number of anilines is 2. The molecule has 8 nitrogen and oxygen atoms in total. The van der Waals surface area contributed by atoms with E-state index in [0.29, 0.717) is 61.0 Å². The SMILES string of the molecule is C=CCN(C(=O)[C@@H]1[C@H]2C(=O)N(CCCCCCO)C(C(=O)N(CC=C)c3ccccc3Cl)C23CC[C@@]1(C)S3)c1ccc(OCC)cc1. The highest BCUT2D eigenvalue weighted by Gasteiger charge is 2.77.